The fourth-order valence-corrected chi connectivity index (χ4v) is 5.39. The Morgan fingerprint density at radius 1 is 1.00 bits per heavy atom. The predicted molar refractivity (Wildman–Crippen MR) is 145 cm³/mol. The van der Waals surface area contributed by atoms with E-state index in [-0.39, 0.29) is 17.7 Å². The Morgan fingerprint density at radius 2 is 1.69 bits per heavy atom. The van der Waals surface area contributed by atoms with Crippen molar-refractivity contribution in [2.75, 3.05) is 13.7 Å². The number of hydrogen-bond acceptors (Lipinski definition) is 7. The van der Waals surface area contributed by atoms with E-state index in [1.807, 2.05) is 30.3 Å². The quantitative estimate of drug-likeness (QED) is 0.346. The van der Waals surface area contributed by atoms with Crippen LogP contribution in [0.15, 0.2) is 94.2 Å². The van der Waals surface area contributed by atoms with Gasteiger partial charge in [-0.05, 0) is 48.4 Å². The summed E-state index contributed by atoms with van der Waals surface area (Å²) in [5.74, 6) is -1.51. The molecule has 0 radical (unpaired) electrons. The molecule has 0 saturated carbocycles. The van der Waals surface area contributed by atoms with Gasteiger partial charge in [0.25, 0.3) is 5.56 Å². The van der Waals surface area contributed by atoms with Crippen molar-refractivity contribution in [2.24, 2.45) is 4.99 Å². The number of aromatic nitrogens is 1. The molecule has 0 aliphatic carbocycles. The summed E-state index contributed by atoms with van der Waals surface area (Å²) in [4.78, 5) is 44.1. The third-order valence-electron chi connectivity index (χ3n) is 6.19. The first kappa shape index (κ1) is 26.0. The lowest BCUT2D eigenvalue weighted by molar-refractivity contribution is -0.138. The van der Waals surface area contributed by atoms with Crippen molar-refractivity contribution in [3.8, 4) is 0 Å². The molecule has 1 aliphatic rings. The molecule has 4 aromatic rings. The van der Waals surface area contributed by atoms with E-state index in [1.54, 1.807) is 49.4 Å². The van der Waals surface area contributed by atoms with Gasteiger partial charge >= 0.3 is 11.9 Å². The molecule has 39 heavy (non-hydrogen) atoms. The maximum absolute atomic E-state index is 13.9. The molecule has 1 atom stereocenters. The standard InChI is InChI=1S/C30H23FN2O5S/c1-3-38-29(36)24-25(19-7-5-4-6-8-19)32-30-33(26(24)20-13-15-22(31)16-14-20)27(34)23(39-30)17-18-9-11-21(12-10-18)28(35)37-2/h4-17,26H,3H2,1-2H3. The summed E-state index contributed by atoms with van der Waals surface area (Å²) in [6.45, 7) is 1.83. The van der Waals surface area contributed by atoms with Gasteiger partial charge in [0.15, 0.2) is 4.80 Å². The molecule has 3 aromatic carbocycles. The summed E-state index contributed by atoms with van der Waals surface area (Å²) in [7, 11) is 1.31. The van der Waals surface area contributed by atoms with E-state index in [0.717, 1.165) is 0 Å². The molecule has 1 aliphatic heterocycles. The Kier molecular flexibility index (Phi) is 7.33. The van der Waals surface area contributed by atoms with Gasteiger partial charge in [0, 0.05) is 5.56 Å². The molecule has 0 amide bonds. The number of benzene rings is 3. The van der Waals surface area contributed by atoms with Crippen molar-refractivity contribution >= 4 is 35.0 Å². The molecule has 0 spiro atoms. The second kappa shape index (κ2) is 11.0. The van der Waals surface area contributed by atoms with E-state index < -0.39 is 23.8 Å². The van der Waals surface area contributed by atoms with Gasteiger partial charge in [0.2, 0.25) is 0 Å². The van der Waals surface area contributed by atoms with Gasteiger partial charge in [-0.25, -0.2) is 19.0 Å². The Bertz CT molecular complexity index is 1760. The normalized spacial score (nSPS) is 14.9. The van der Waals surface area contributed by atoms with Crippen molar-refractivity contribution < 1.29 is 23.5 Å². The molecule has 9 heteroatoms. The van der Waals surface area contributed by atoms with E-state index in [1.165, 1.54) is 35.1 Å². The number of methoxy groups -OCH3 is 1. The highest BCUT2D eigenvalue weighted by Gasteiger charge is 2.35. The van der Waals surface area contributed by atoms with Gasteiger partial charge in [-0.2, -0.15) is 0 Å². The average molecular weight is 543 g/mol. The van der Waals surface area contributed by atoms with Crippen LogP contribution in [0.2, 0.25) is 0 Å². The van der Waals surface area contributed by atoms with Gasteiger partial charge in [-0.3, -0.25) is 9.36 Å². The van der Waals surface area contributed by atoms with Crippen LogP contribution in [0, 0.1) is 5.82 Å². The number of hydrogen-bond donors (Lipinski definition) is 0. The second-order valence-electron chi connectivity index (χ2n) is 8.60. The first-order valence-electron chi connectivity index (χ1n) is 12.1. The van der Waals surface area contributed by atoms with Crippen LogP contribution >= 0.6 is 11.3 Å². The van der Waals surface area contributed by atoms with Crippen molar-refractivity contribution in [1.82, 2.24) is 4.57 Å². The molecule has 1 unspecified atom stereocenters. The lowest BCUT2D eigenvalue weighted by Crippen LogP contribution is -2.40. The summed E-state index contributed by atoms with van der Waals surface area (Å²) >= 11 is 1.18. The summed E-state index contributed by atoms with van der Waals surface area (Å²) in [6.07, 6.45) is 1.70. The first-order valence-corrected chi connectivity index (χ1v) is 12.9. The zero-order valence-electron chi connectivity index (χ0n) is 21.1. The minimum atomic E-state index is -0.889. The van der Waals surface area contributed by atoms with E-state index >= 15 is 0 Å². The fourth-order valence-electron chi connectivity index (χ4n) is 4.39. The van der Waals surface area contributed by atoms with Crippen LogP contribution < -0.4 is 14.9 Å². The molecule has 1 aromatic heterocycles. The molecule has 0 N–H and O–H groups in total. The lowest BCUT2D eigenvalue weighted by Gasteiger charge is -2.25. The molecular weight excluding hydrogens is 519 g/mol. The van der Waals surface area contributed by atoms with E-state index in [4.69, 9.17) is 14.5 Å². The van der Waals surface area contributed by atoms with Crippen LogP contribution in [0.1, 0.15) is 40.0 Å². The largest absolute Gasteiger partial charge is 0.465 e. The Balaban J connectivity index is 1.76. The minimum Gasteiger partial charge on any atom is -0.465 e. The van der Waals surface area contributed by atoms with Gasteiger partial charge < -0.3 is 9.47 Å². The molecule has 2 heterocycles. The van der Waals surface area contributed by atoms with Gasteiger partial charge in [-0.15, -0.1) is 0 Å². The summed E-state index contributed by atoms with van der Waals surface area (Å²) in [5.41, 5.74) is 2.52. The number of carbonyl (C=O) groups excluding carboxylic acids is 2. The number of nitrogens with zero attached hydrogens (tertiary/aromatic N) is 2. The first-order chi connectivity index (χ1) is 18.9. The maximum Gasteiger partial charge on any atom is 0.338 e. The third-order valence-corrected chi connectivity index (χ3v) is 7.17. The van der Waals surface area contributed by atoms with Crippen molar-refractivity contribution in [2.45, 2.75) is 13.0 Å². The van der Waals surface area contributed by atoms with Crippen molar-refractivity contribution in [1.29, 1.82) is 0 Å². The SMILES string of the molecule is CCOC(=O)C1=C(c2ccccc2)N=c2sc(=Cc3ccc(C(=O)OC)cc3)c(=O)n2C1c1ccc(F)cc1. The number of ether oxygens (including phenoxy) is 2. The number of halogens is 1. The Labute approximate surface area is 226 Å². The van der Waals surface area contributed by atoms with E-state index in [9.17, 15) is 18.8 Å². The fraction of sp³-hybridized carbons (Fsp3) is 0.133. The molecule has 0 fully saturated rings. The highest BCUT2D eigenvalue weighted by Crippen LogP contribution is 2.35. The average Bonchev–Trinajstić information content (AvgIpc) is 3.27. The molecule has 7 nitrogen and oxygen atoms in total. The second-order valence-corrected chi connectivity index (χ2v) is 9.61. The smallest absolute Gasteiger partial charge is 0.338 e. The van der Waals surface area contributed by atoms with Crippen LogP contribution in [0.25, 0.3) is 11.8 Å². The van der Waals surface area contributed by atoms with Crippen LogP contribution in [-0.2, 0) is 14.3 Å². The maximum atomic E-state index is 13.9. The van der Waals surface area contributed by atoms with Gasteiger partial charge in [0.05, 0.1) is 41.1 Å². The zero-order chi connectivity index (χ0) is 27.5. The molecule has 0 saturated heterocycles. The van der Waals surface area contributed by atoms with Crippen LogP contribution in [0.3, 0.4) is 0 Å². The zero-order valence-corrected chi connectivity index (χ0v) is 21.9. The van der Waals surface area contributed by atoms with E-state index in [0.29, 0.717) is 37.3 Å². The van der Waals surface area contributed by atoms with Crippen molar-refractivity contribution in [3.05, 3.63) is 132 Å². The number of esters is 2. The van der Waals surface area contributed by atoms with Crippen molar-refractivity contribution in [3.63, 3.8) is 0 Å². The molecule has 0 bridgehead atoms. The van der Waals surface area contributed by atoms with E-state index in [2.05, 4.69) is 0 Å². The molecule has 5 rings (SSSR count). The molecule has 196 valence electrons. The Morgan fingerprint density at radius 3 is 2.33 bits per heavy atom. The summed E-state index contributed by atoms with van der Waals surface area (Å²) in [5, 5.41) is 0. The number of fused-ring (bicyclic) bond motifs is 1. The monoisotopic (exact) mass is 542 g/mol. The minimum absolute atomic E-state index is 0.131. The Hall–Kier alpha value is -4.63. The van der Waals surface area contributed by atoms with Crippen LogP contribution in [0.4, 0.5) is 4.39 Å². The highest BCUT2D eigenvalue weighted by atomic mass is 32.1. The van der Waals surface area contributed by atoms with Gasteiger partial charge in [0.1, 0.15) is 5.82 Å². The highest BCUT2D eigenvalue weighted by molar-refractivity contribution is 7.07. The summed E-state index contributed by atoms with van der Waals surface area (Å²) in [6, 6.07) is 20.6. The molecular formula is C30H23FN2O5S. The van der Waals surface area contributed by atoms with Gasteiger partial charge in [-0.1, -0.05) is 65.9 Å². The third kappa shape index (κ3) is 5.08. The summed E-state index contributed by atoms with van der Waals surface area (Å²) < 4.78 is 25.9. The lowest BCUT2D eigenvalue weighted by atomic mass is 9.93. The number of thiazole rings is 1. The predicted octanol–water partition coefficient (Wildman–Crippen LogP) is 3.86. The number of carbonyl (C=O) groups is 2. The van der Waals surface area contributed by atoms with Crippen LogP contribution in [-0.4, -0.2) is 30.2 Å². The topological polar surface area (TPSA) is 87.0 Å². The number of rotatable bonds is 6. The van der Waals surface area contributed by atoms with Crippen LogP contribution in [0.5, 0.6) is 0 Å².